The van der Waals surface area contributed by atoms with E-state index in [4.69, 9.17) is 4.42 Å². The molecule has 1 aliphatic carbocycles. The fraction of sp³-hybridized carbons (Fsp3) is 0.348. The van der Waals surface area contributed by atoms with Crippen molar-refractivity contribution in [2.45, 2.75) is 19.8 Å². The average molecular weight is 395 g/mol. The van der Waals surface area contributed by atoms with Crippen LogP contribution in [-0.4, -0.2) is 32.4 Å². The van der Waals surface area contributed by atoms with Gasteiger partial charge in [0.25, 0.3) is 0 Å². The van der Waals surface area contributed by atoms with Gasteiger partial charge in [-0.25, -0.2) is 4.79 Å². The summed E-state index contributed by atoms with van der Waals surface area (Å²) >= 11 is 1.76. The molecule has 1 fully saturated rings. The number of rotatable bonds is 4. The maximum atomic E-state index is 12.9. The van der Waals surface area contributed by atoms with Gasteiger partial charge < -0.3 is 14.6 Å². The molecule has 146 valence electrons. The maximum Gasteiger partial charge on any atom is 0.344 e. The molecule has 1 aromatic heterocycles. The van der Waals surface area contributed by atoms with E-state index in [1.165, 1.54) is 10.5 Å². The zero-order valence-corrected chi connectivity index (χ0v) is 17.3. The Kier molecular flexibility index (Phi) is 5.74. The summed E-state index contributed by atoms with van der Waals surface area (Å²) in [5.41, 5.74) is 4.45. The fourth-order valence-corrected chi connectivity index (χ4v) is 4.41. The maximum absolute atomic E-state index is 12.9. The van der Waals surface area contributed by atoms with Gasteiger partial charge in [0.15, 0.2) is 0 Å². The molecule has 5 heteroatoms. The van der Waals surface area contributed by atoms with Crippen molar-refractivity contribution in [2.75, 3.05) is 37.3 Å². The minimum absolute atomic E-state index is 0.261. The summed E-state index contributed by atoms with van der Waals surface area (Å²) in [5.74, 6) is 0. The van der Waals surface area contributed by atoms with E-state index >= 15 is 0 Å². The molecule has 4 nitrogen and oxygen atoms in total. The largest absolute Gasteiger partial charge is 0.422 e. The number of benzene rings is 1. The van der Waals surface area contributed by atoms with Gasteiger partial charge in [0.2, 0.25) is 0 Å². The molecular weight excluding hydrogens is 368 g/mol. The van der Waals surface area contributed by atoms with Crippen LogP contribution in [0.15, 0.2) is 62.2 Å². The van der Waals surface area contributed by atoms with Crippen molar-refractivity contribution in [3.05, 3.63) is 69.0 Å². The molecular formula is C23H26N2O2S. The van der Waals surface area contributed by atoms with Crippen molar-refractivity contribution in [1.82, 2.24) is 5.32 Å². The monoisotopic (exact) mass is 394 g/mol. The third kappa shape index (κ3) is 3.82. The van der Waals surface area contributed by atoms with E-state index < -0.39 is 0 Å². The van der Waals surface area contributed by atoms with Crippen LogP contribution in [-0.2, 0) is 0 Å². The smallest absolute Gasteiger partial charge is 0.344 e. The molecule has 4 rings (SSSR count). The zero-order chi connectivity index (χ0) is 19.5. The summed E-state index contributed by atoms with van der Waals surface area (Å²) in [6.07, 6.45) is 10.1. The quantitative estimate of drug-likeness (QED) is 0.770. The second-order valence-corrected chi connectivity index (χ2v) is 8.08. The molecule has 2 heterocycles. The summed E-state index contributed by atoms with van der Waals surface area (Å²) in [5, 5.41) is 4.33. The van der Waals surface area contributed by atoms with E-state index in [-0.39, 0.29) is 5.63 Å². The van der Waals surface area contributed by atoms with Gasteiger partial charge >= 0.3 is 5.63 Å². The first kappa shape index (κ1) is 19.1. The molecule has 28 heavy (non-hydrogen) atoms. The molecule has 2 aliphatic rings. The lowest BCUT2D eigenvalue weighted by atomic mass is 9.97. The highest BCUT2D eigenvalue weighted by atomic mass is 32.2. The van der Waals surface area contributed by atoms with E-state index in [1.54, 1.807) is 11.8 Å². The summed E-state index contributed by atoms with van der Waals surface area (Å²) in [6, 6.07) is 8.18. The van der Waals surface area contributed by atoms with E-state index in [0.29, 0.717) is 11.1 Å². The normalized spacial score (nSPS) is 17.8. The Morgan fingerprint density at radius 3 is 2.79 bits per heavy atom. The topological polar surface area (TPSA) is 45.5 Å². The van der Waals surface area contributed by atoms with Crippen LogP contribution >= 0.6 is 11.8 Å². The standard InChI is InChI=1S/C23H26N2O2S/c1-3-16-13-19(28-2)5-4-6-20(16)21-14-17-7-8-18(15-22(17)27-23(21)26)25-11-9-24-10-12-25/h4-8,14-15,24H,3,9-13H2,1-2H3. The predicted molar refractivity (Wildman–Crippen MR) is 120 cm³/mol. The third-order valence-electron chi connectivity index (χ3n) is 5.49. The minimum Gasteiger partial charge on any atom is -0.422 e. The first-order chi connectivity index (χ1) is 13.7. The molecule has 0 unspecified atom stereocenters. The Hall–Kier alpha value is -2.24. The minimum atomic E-state index is -0.261. The molecule has 0 radical (unpaired) electrons. The number of anilines is 1. The molecule has 1 N–H and O–H groups in total. The fourth-order valence-electron chi connectivity index (χ4n) is 3.88. The number of hydrogen-bond donors (Lipinski definition) is 1. The Morgan fingerprint density at radius 2 is 2.04 bits per heavy atom. The molecule has 1 aromatic carbocycles. The number of fused-ring (bicyclic) bond motifs is 1. The summed E-state index contributed by atoms with van der Waals surface area (Å²) < 4.78 is 5.78. The third-order valence-corrected chi connectivity index (χ3v) is 6.30. The number of hydrogen-bond acceptors (Lipinski definition) is 5. The Bertz CT molecular complexity index is 1030. The van der Waals surface area contributed by atoms with Crippen LogP contribution in [0.5, 0.6) is 0 Å². The Balaban J connectivity index is 1.75. The zero-order valence-electron chi connectivity index (χ0n) is 16.5. The molecule has 0 atom stereocenters. The van der Waals surface area contributed by atoms with Crippen LogP contribution in [0, 0.1) is 0 Å². The highest BCUT2D eigenvalue weighted by Gasteiger charge is 2.16. The number of piperazine rings is 1. The van der Waals surface area contributed by atoms with Gasteiger partial charge in [-0.3, -0.25) is 0 Å². The van der Waals surface area contributed by atoms with Crippen LogP contribution in [0.25, 0.3) is 16.5 Å². The number of thioether (sulfide) groups is 1. The summed E-state index contributed by atoms with van der Waals surface area (Å²) in [4.78, 5) is 16.5. The number of allylic oxidation sites excluding steroid dienone is 6. The van der Waals surface area contributed by atoms with E-state index in [9.17, 15) is 4.79 Å². The predicted octanol–water partition coefficient (Wildman–Crippen LogP) is 4.57. The van der Waals surface area contributed by atoms with Crippen molar-refractivity contribution in [1.29, 1.82) is 0 Å². The van der Waals surface area contributed by atoms with Crippen LogP contribution in [0.3, 0.4) is 0 Å². The molecule has 2 aromatic rings. The molecule has 0 spiro atoms. The van der Waals surface area contributed by atoms with E-state index in [0.717, 1.165) is 55.7 Å². The first-order valence-corrected chi connectivity index (χ1v) is 11.1. The van der Waals surface area contributed by atoms with Crippen molar-refractivity contribution >= 4 is 34.0 Å². The van der Waals surface area contributed by atoms with Crippen molar-refractivity contribution in [3.8, 4) is 0 Å². The van der Waals surface area contributed by atoms with Gasteiger partial charge in [-0.1, -0.05) is 30.7 Å². The van der Waals surface area contributed by atoms with Gasteiger partial charge in [0, 0.05) is 49.7 Å². The van der Waals surface area contributed by atoms with Crippen LogP contribution < -0.4 is 15.8 Å². The van der Waals surface area contributed by atoms with Gasteiger partial charge in [-0.05, 0) is 41.4 Å². The highest BCUT2D eigenvalue weighted by molar-refractivity contribution is 8.02. The average Bonchev–Trinajstić information content (AvgIpc) is 2.95. The lowest BCUT2D eigenvalue weighted by Gasteiger charge is -2.29. The SMILES string of the molecule is CCC1=C(c2cc3ccc(N4CCNCC4)cc3oc2=O)C=CC=C(SC)C1. The second kappa shape index (κ2) is 8.41. The number of nitrogens with zero attached hydrogens (tertiary/aromatic N) is 1. The summed E-state index contributed by atoms with van der Waals surface area (Å²) in [7, 11) is 0. The lowest BCUT2D eigenvalue weighted by molar-refractivity contribution is 0.557. The van der Waals surface area contributed by atoms with Crippen LogP contribution in [0.2, 0.25) is 0 Å². The van der Waals surface area contributed by atoms with Crippen LogP contribution in [0.1, 0.15) is 25.3 Å². The molecule has 0 bridgehead atoms. The molecule has 1 aliphatic heterocycles. The Labute approximate surface area is 170 Å². The molecule has 1 saturated heterocycles. The van der Waals surface area contributed by atoms with Gasteiger partial charge in [0.1, 0.15) is 5.58 Å². The number of nitrogens with one attached hydrogen (secondary N) is 1. The lowest BCUT2D eigenvalue weighted by Crippen LogP contribution is -2.43. The summed E-state index contributed by atoms with van der Waals surface area (Å²) in [6.45, 7) is 6.04. The molecule has 0 saturated carbocycles. The van der Waals surface area contributed by atoms with E-state index in [1.807, 2.05) is 18.2 Å². The van der Waals surface area contributed by atoms with Crippen molar-refractivity contribution in [2.24, 2.45) is 0 Å². The van der Waals surface area contributed by atoms with E-state index in [2.05, 4.69) is 47.7 Å². The van der Waals surface area contributed by atoms with Gasteiger partial charge in [0.05, 0.1) is 5.56 Å². The Morgan fingerprint density at radius 1 is 1.21 bits per heavy atom. The van der Waals surface area contributed by atoms with Crippen molar-refractivity contribution in [3.63, 3.8) is 0 Å². The van der Waals surface area contributed by atoms with Gasteiger partial charge in [-0.15, -0.1) is 11.8 Å². The van der Waals surface area contributed by atoms with Crippen molar-refractivity contribution < 1.29 is 4.42 Å². The first-order valence-electron chi connectivity index (χ1n) is 9.87. The second-order valence-electron chi connectivity index (χ2n) is 7.15. The molecule has 0 amide bonds. The highest BCUT2D eigenvalue weighted by Crippen LogP contribution is 2.33. The van der Waals surface area contributed by atoms with Gasteiger partial charge in [-0.2, -0.15) is 0 Å². The van der Waals surface area contributed by atoms with Crippen LogP contribution in [0.4, 0.5) is 5.69 Å².